The second-order valence-corrected chi connectivity index (χ2v) is 14.0. The fourth-order valence-corrected chi connectivity index (χ4v) is 8.54. The van der Waals surface area contributed by atoms with E-state index in [1.165, 1.54) is 12.0 Å². The van der Waals surface area contributed by atoms with E-state index in [9.17, 15) is 24.6 Å². The van der Waals surface area contributed by atoms with Crippen molar-refractivity contribution in [1.29, 1.82) is 0 Å². The van der Waals surface area contributed by atoms with Crippen molar-refractivity contribution < 1.29 is 34.1 Å². The Morgan fingerprint density at radius 1 is 1.22 bits per heavy atom. The topological polar surface area (TPSA) is 117 Å². The third-order valence-electron chi connectivity index (χ3n) is 10.9. The second-order valence-electron chi connectivity index (χ2n) is 13.6. The molecule has 0 radical (unpaired) electrons. The zero-order valence-corrected chi connectivity index (χ0v) is 27.2. The highest BCUT2D eigenvalue weighted by Crippen LogP contribution is 2.50. The molecule has 1 unspecified atom stereocenters. The van der Waals surface area contributed by atoms with E-state index >= 15 is 0 Å². The number of carboxylic acids is 1. The number of hydrogen-bond acceptors (Lipinski definition) is 7. The van der Waals surface area contributed by atoms with Crippen molar-refractivity contribution in [3.05, 3.63) is 82.3 Å². The minimum absolute atomic E-state index is 0.101. The normalized spacial score (nSPS) is 32.7. The molecular formula is C36H43ClN2O7. The van der Waals surface area contributed by atoms with Crippen LogP contribution in [0.25, 0.3) is 0 Å². The summed E-state index contributed by atoms with van der Waals surface area (Å²) < 4.78 is 12.0. The number of hydrogen-bond donors (Lipinski definition) is 2. The standard InChI is InChI=1S/C36H43ClN2O7/c1-38-16-4-3-7-29(40)27-11-8-24(27)20-39-17-14-25-9-13-30(32(33(38)43)36(25,19-31(41)42)34(44)45-2)46-22-35(21-39)15-5-6-23-18-26(37)10-12-28(23)35/h3,7,9-10,12-14,17-18,24,27,29,32,40H,4-6,8,11,15-16,19-22H2,1-2H3,(H,41,42)/t24-,27+,29-,32?,35-,36+/m0/s1. The van der Waals surface area contributed by atoms with Gasteiger partial charge in [0.1, 0.15) is 17.1 Å². The minimum Gasteiger partial charge on any atom is -0.496 e. The number of rotatable bonds is 3. The van der Waals surface area contributed by atoms with Gasteiger partial charge in [-0.25, -0.2) is 0 Å². The highest BCUT2D eigenvalue weighted by molar-refractivity contribution is 6.30. The summed E-state index contributed by atoms with van der Waals surface area (Å²) in [6.45, 7) is 1.79. The Kier molecular flexibility index (Phi) is 9.09. The Bertz CT molecular complexity index is 1520. The maximum atomic E-state index is 14.5. The predicted molar refractivity (Wildman–Crippen MR) is 173 cm³/mol. The molecule has 1 aromatic carbocycles. The maximum absolute atomic E-state index is 14.5. The molecule has 1 saturated carbocycles. The Balaban J connectivity index is 1.55. The first kappa shape index (κ1) is 32.4. The molecule has 3 aliphatic carbocycles. The first-order valence-electron chi connectivity index (χ1n) is 16.2. The van der Waals surface area contributed by atoms with Crippen LogP contribution in [0.1, 0.15) is 49.7 Å². The molecule has 1 spiro atoms. The average molecular weight is 651 g/mol. The molecule has 246 valence electrons. The van der Waals surface area contributed by atoms with Gasteiger partial charge in [-0.05, 0) is 97.5 Å². The van der Waals surface area contributed by atoms with Gasteiger partial charge in [0.15, 0.2) is 0 Å². The van der Waals surface area contributed by atoms with Crippen LogP contribution in [0.2, 0.25) is 5.02 Å². The number of aryl methyl sites for hydroxylation is 1. The Hall–Kier alpha value is -3.56. The molecule has 9 nitrogen and oxygen atoms in total. The van der Waals surface area contributed by atoms with E-state index in [0.29, 0.717) is 36.7 Å². The van der Waals surface area contributed by atoms with Gasteiger partial charge in [-0.1, -0.05) is 35.9 Å². The lowest BCUT2D eigenvalue weighted by Crippen LogP contribution is -2.52. The van der Waals surface area contributed by atoms with Crippen molar-refractivity contribution in [2.45, 2.75) is 56.5 Å². The van der Waals surface area contributed by atoms with Crippen molar-refractivity contribution in [3.63, 3.8) is 0 Å². The van der Waals surface area contributed by atoms with Crippen molar-refractivity contribution in [1.82, 2.24) is 9.80 Å². The van der Waals surface area contributed by atoms with Crippen LogP contribution in [0, 0.1) is 23.2 Å². The van der Waals surface area contributed by atoms with Crippen LogP contribution < -0.4 is 0 Å². The number of fused-ring (bicyclic) bond motifs is 4. The number of carbonyl (C=O) groups is 3. The molecule has 1 aromatic rings. The van der Waals surface area contributed by atoms with E-state index in [0.717, 1.165) is 43.2 Å². The van der Waals surface area contributed by atoms with Crippen molar-refractivity contribution >= 4 is 29.4 Å². The summed E-state index contributed by atoms with van der Waals surface area (Å²) in [5.74, 6) is -3.13. The molecule has 0 aromatic heterocycles. The summed E-state index contributed by atoms with van der Waals surface area (Å²) in [6.07, 6.45) is 14.7. The van der Waals surface area contributed by atoms with E-state index < -0.39 is 47.1 Å². The van der Waals surface area contributed by atoms with Gasteiger partial charge in [0.2, 0.25) is 5.91 Å². The monoisotopic (exact) mass is 650 g/mol. The van der Waals surface area contributed by atoms with Crippen molar-refractivity contribution in [2.24, 2.45) is 23.2 Å². The number of allylic oxidation sites excluding steroid dienone is 3. The molecule has 6 atom stereocenters. The number of halogens is 1. The van der Waals surface area contributed by atoms with Crippen LogP contribution in [0.3, 0.4) is 0 Å². The highest BCUT2D eigenvalue weighted by atomic mass is 35.5. The van der Waals surface area contributed by atoms with E-state index in [2.05, 4.69) is 11.0 Å². The lowest BCUT2D eigenvalue weighted by Gasteiger charge is -2.46. The molecule has 1 amide bonds. The number of aliphatic carboxylic acids is 1. The number of esters is 1. The largest absolute Gasteiger partial charge is 0.496 e. The number of ether oxygens (including phenoxy) is 2. The van der Waals surface area contributed by atoms with Gasteiger partial charge in [-0.15, -0.1) is 0 Å². The summed E-state index contributed by atoms with van der Waals surface area (Å²) in [5.41, 5.74) is 0.353. The number of carboxylic acid groups (broad SMARTS) is 1. The molecule has 1 fully saturated rings. The van der Waals surface area contributed by atoms with Gasteiger partial charge in [0.05, 0.1) is 26.2 Å². The highest BCUT2D eigenvalue weighted by Gasteiger charge is 2.58. The van der Waals surface area contributed by atoms with Crippen molar-refractivity contribution in [2.75, 3.05) is 40.4 Å². The molecular weight excluding hydrogens is 608 g/mol. The SMILES string of the molecule is COC(=O)[C@]1(CC(=O)O)C2=CC=C3OC[C@]4(CCCc5cc(Cl)ccc54)CN(C=C2)C[C@@H]2CC[C@H]2[C@@H](O)C=CCCN(C)C(=O)C31. The molecule has 2 N–H and O–H groups in total. The van der Waals surface area contributed by atoms with Crippen LogP contribution in [0.4, 0.5) is 0 Å². The molecule has 3 aliphatic heterocycles. The predicted octanol–water partition coefficient (Wildman–Crippen LogP) is 4.64. The summed E-state index contributed by atoms with van der Waals surface area (Å²) >= 11 is 6.45. The molecule has 7 rings (SSSR count). The lowest BCUT2D eigenvalue weighted by molar-refractivity contribution is -0.164. The average Bonchev–Trinajstić information content (AvgIpc) is 3.05. The van der Waals surface area contributed by atoms with Gasteiger partial charge in [0, 0.05) is 37.1 Å². The smallest absolute Gasteiger partial charge is 0.318 e. The quantitative estimate of drug-likeness (QED) is 0.359. The molecule has 0 saturated heterocycles. The summed E-state index contributed by atoms with van der Waals surface area (Å²) in [6, 6.07) is 6.01. The van der Waals surface area contributed by atoms with E-state index in [1.807, 2.05) is 30.5 Å². The zero-order chi connectivity index (χ0) is 32.6. The number of aliphatic hydroxyl groups is 1. The fourth-order valence-electron chi connectivity index (χ4n) is 8.35. The Morgan fingerprint density at radius 3 is 2.78 bits per heavy atom. The first-order valence-corrected chi connectivity index (χ1v) is 16.6. The summed E-state index contributed by atoms with van der Waals surface area (Å²) in [7, 11) is 2.87. The lowest BCUT2D eigenvalue weighted by atomic mass is 9.63. The summed E-state index contributed by atoms with van der Waals surface area (Å²) in [5, 5.41) is 22.0. The van der Waals surface area contributed by atoms with Gasteiger partial charge < -0.3 is 29.5 Å². The second kappa shape index (κ2) is 12.9. The number of benzene rings is 1. The summed E-state index contributed by atoms with van der Waals surface area (Å²) in [4.78, 5) is 44.7. The molecule has 46 heavy (non-hydrogen) atoms. The first-order chi connectivity index (χ1) is 22.1. The van der Waals surface area contributed by atoms with Crippen LogP contribution in [-0.4, -0.2) is 84.4 Å². The maximum Gasteiger partial charge on any atom is 0.318 e. The Labute approximate surface area is 275 Å². The third-order valence-corrected chi connectivity index (χ3v) is 11.1. The van der Waals surface area contributed by atoms with Gasteiger partial charge >= 0.3 is 11.9 Å². The van der Waals surface area contributed by atoms with Gasteiger partial charge in [0.25, 0.3) is 0 Å². The Morgan fingerprint density at radius 2 is 2.04 bits per heavy atom. The van der Waals surface area contributed by atoms with Crippen LogP contribution in [0.5, 0.6) is 0 Å². The van der Waals surface area contributed by atoms with Crippen LogP contribution in [-0.2, 0) is 35.7 Å². The van der Waals surface area contributed by atoms with E-state index in [1.54, 1.807) is 25.3 Å². The van der Waals surface area contributed by atoms with Gasteiger partial charge in [-0.3, -0.25) is 14.4 Å². The van der Waals surface area contributed by atoms with E-state index in [-0.39, 0.29) is 24.2 Å². The molecule has 10 heteroatoms. The van der Waals surface area contributed by atoms with Gasteiger partial charge in [-0.2, -0.15) is 0 Å². The third kappa shape index (κ3) is 5.77. The number of aliphatic hydroxyl groups excluding tert-OH is 1. The number of amides is 1. The number of carbonyl (C=O) groups excluding carboxylic acids is 2. The minimum atomic E-state index is -1.85. The zero-order valence-electron chi connectivity index (χ0n) is 26.5. The number of methoxy groups -OCH3 is 1. The molecule has 6 aliphatic rings. The molecule has 4 bridgehead atoms. The fraction of sp³-hybridized carbons (Fsp3) is 0.528. The van der Waals surface area contributed by atoms with Crippen LogP contribution >= 0.6 is 11.6 Å². The van der Waals surface area contributed by atoms with E-state index in [4.69, 9.17) is 21.1 Å². The molecule has 3 heterocycles. The van der Waals surface area contributed by atoms with Crippen LogP contribution in [0.15, 0.2) is 66.1 Å². The van der Waals surface area contributed by atoms with Crippen molar-refractivity contribution in [3.8, 4) is 0 Å². The number of nitrogens with zero attached hydrogens (tertiary/aromatic N) is 2.